The van der Waals surface area contributed by atoms with Crippen molar-refractivity contribution in [2.45, 2.75) is 31.4 Å². The molecule has 0 aliphatic carbocycles. The standard InChI is InChI=1S/C21H18F5N5O4S/c1-9-5-11(16-12(23)6-10(22)7-13(16)24)17-18(28-35-19(17)27-9)30-4-3-15-21(25,26)14(29-36(2,33)34)8-31(15)20(30)32/h5-7,14-15,29H,3-4,8H2,1-2H3/t14-,15-/m1/s1. The lowest BCUT2D eigenvalue weighted by Crippen LogP contribution is -2.56. The molecule has 0 saturated carbocycles. The smallest absolute Gasteiger partial charge is 0.326 e. The maximum Gasteiger partial charge on any atom is 0.326 e. The molecule has 4 heterocycles. The van der Waals surface area contributed by atoms with Crippen molar-refractivity contribution in [3.05, 3.63) is 41.3 Å². The third kappa shape index (κ3) is 3.86. The fourth-order valence-electron chi connectivity index (χ4n) is 4.76. The second kappa shape index (κ2) is 8.09. The van der Waals surface area contributed by atoms with Gasteiger partial charge in [0.25, 0.3) is 11.6 Å². The molecule has 0 bridgehead atoms. The third-order valence-corrected chi connectivity index (χ3v) is 6.92. The topological polar surface area (TPSA) is 109 Å². The molecule has 9 nitrogen and oxygen atoms in total. The second-order valence-electron chi connectivity index (χ2n) is 8.75. The number of alkyl halides is 2. The number of sulfonamides is 1. The van der Waals surface area contributed by atoms with Crippen LogP contribution in [0.2, 0.25) is 0 Å². The quantitative estimate of drug-likeness (QED) is 0.518. The van der Waals surface area contributed by atoms with Gasteiger partial charge in [0.15, 0.2) is 5.82 Å². The Hall–Kier alpha value is -3.33. The minimum atomic E-state index is -3.99. The molecule has 2 fully saturated rings. The first-order valence-corrected chi connectivity index (χ1v) is 12.5. The van der Waals surface area contributed by atoms with Gasteiger partial charge in [-0.25, -0.2) is 44.9 Å². The Morgan fingerprint density at radius 3 is 2.47 bits per heavy atom. The van der Waals surface area contributed by atoms with E-state index < -0.39 is 63.6 Å². The second-order valence-corrected chi connectivity index (χ2v) is 10.5. The van der Waals surface area contributed by atoms with E-state index in [1.807, 2.05) is 4.72 Å². The van der Waals surface area contributed by atoms with Crippen molar-refractivity contribution in [3.8, 4) is 11.1 Å². The fourth-order valence-corrected chi connectivity index (χ4v) is 5.51. The highest BCUT2D eigenvalue weighted by molar-refractivity contribution is 7.88. The summed E-state index contributed by atoms with van der Waals surface area (Å²) in [5.41, 5.74) is -0.630. The normalized spacial score (nSPS) is 21.9. The number of hydrogen-bond donors (Lipinski definition) is 1. The number of fused-ring (bicyclic) bond motifs is 2. The van der Waals surface area contributed by atoms with Crippen LogP contribution >= 0.6 is 0 Å². The summed E-state index contributed by atoms with van der Waals surface area (Å²) in [6, 6.07) is -2.06. The fraction of sp³-hybridized carbons (Fsp3) is 0.381. The van der Waals surface area contributed by atoms with Gasteiger partial charge in [0.2, 0.25) is 10.0 Å². The molecule has 36 heavy (non-hydrogen) atoms. The van der Waals surface area contributed by atoms with Crippen LogP contribution in [0.5, 0.6) is 0 Å². The van der Waals surface area contributed by atoms with Crippen molar-refractivity contribution in [2.24, 2.45) is 0 Å². The maximum absolute atomic E-state index is 14.9. The van der Waals surface area contributed by atoms with Gasteiger partial charge >= 0.3 is 6.03 Å². The van der Waals surface area contributed by atoms with Gasteiger partial charge in [-0.2, -0.15) is 0 Å². The van der Waals surface area contributed by atoms with Gasteiger partial charge < -0.3 is 9.42 Å². The predicted octanol–water partition coefficient (Wildman–Crippen LogP) is 3.18. The Morgan fingerprint density at radius 1 is 1.17 bits per heavy atom. The Labute approximate surface area is 200 Å². The van der Waals surface area contributed by atoms with Gasteiger partial charge in [-0.05, 0) is 19.4 Å². The maximum atomic E-state index is 14.9. The van der Waals surface area contributed by atoms with Gasteiger partial charge in [0.05, 0.1) is 17.2 Å². The van der Waals surface area contributed by atoms with Gasteiger partial charge in [0, 0.05) is 36.5 Å². The monoisotopic (exact) mass is 531 g/mol. The number of aromatic nitrogens is 2. The largest absolute Gasteiger partial charge is 0.334 e. The summed E-state index contributed by atoms with van der Waals surface area (Å²) in [5, 5.41) is 3.75. The van der Waals surface area contributed by atoms with E-state index in [1.54, 1.807) is 0 Å². The number of amides is 2. The van der Waals surface area contributed by atoms with Gasteiger partial charge in [-0.1, -0.05) is 5.16 Å². The number of nitrogens with one attached hydrogen (secondary N) is 1. The summed E-state index contributed by atoms with van der Waals surface area (Å²) in [5.74, 6) is -7.33. The number of aryl methyl sites for hydroxylation is 1. The van der Waals surface area contributed by atoms with Crippen LogP contribution in [0.4, 0.5) is 32.6 Å². The van der Waals surface area contributed by atoms with Crippen LogP contribution in [0.3, 0.4) is 0 Å². The zero-order chi connectivity index (χ0) is 26.2. The Morgan fingerprint density at radius 2 is 1.83 bits per heavy atom. The number of benzene rings is 1. The lowest BCUT2D eigenvalue weighted by atomic mass is 10.00. The van der Waals surface area contributed by atoms with Crippen LogP contribution in [0.15, 0.2) is 22.7 Å². The van der Waals surface area contributed by atoms with Crippen molar-refractivity contribution in [2.75, 3.05) is 24.2 Å². The van der Waals surface area contributed by atoms with Crippen molar-refractivity contribution in [3.63, 3.8) is 0 Å². The molecule has 0 radical (unpaired) electrons. The zero-order valence-corrected chi connectivity index (χ0v) is 19.5. The summed E-state index contributed by atoms with van der Waals surface area (Å²) >= 11 is 0. The Kier molecular flexibility index (Phi) is 5.48. The molecule has 2 amide bonds. The molecule has 2 aliphatic heterocycles. The van der Waals surface area contributed by atoms with Crippen LogP contribution in [0.25, 0.3) is 22.2 Å². The SMILES string of the molecule is Cc1cc(-c2c(F)cc(F)cc2F)c2c(N3CC[C@H]4N(C[C@@H](NS(C)(=O)=O)C4(F)F)C3=O)noc2n1. The molecule has 2 aliphatic rings. The third-order valence-electron chi connectivity index (χ3n) is 6.21. The van der Waals surface area contributed by atoms with E-state index in [0.29, 0.717) is 12.1 Å². The Balaban J connectivity index is 1.59. The first-order valence-electron chi connectivity index (χ1n) is 10.6. The summed E-state index contributed by atoms with van der Waals surface area (Å²) in [6.07, 6.45) is 0.475. The summed E-state index contributed by atoms with van der Waals surface area (Å²) in [6.45, 7) is 0.633. The highest BCUT2D eigenvalue weighted by Gasteiger charge is 2.60. The molecule has 15 heteroatoms. The molecule has 5 rings (SSSR count). The molecule has 2 aromatic heterocycles. The molecule has 0 unspecified atom stereocenters. The zero-order valence-electron chi connectivity index (χ0n) is 18.7. The number of pyridine rings is 1. The number of anilines is 1. The van der Waals surface area contributed by atoms with Crippen molar-refractivity contribution in [1.82, 2.24) is 19.8 Å². The summed E-state index contributed by atoms with van der Waals surface area (Å²) < 4.78 is 103. The molecule has 192 valence electrons. The minimum absolute atomic E-state index is 0.0754. The van der Waals surface area contributed by atoms with Crippen LogP contribution in [0.1, 0.15) is 12.1 Å². The van der Waals surface area contributed by atoms with Crippen LogP contribution in [-0.4, -0.2) is 66.8 Å². The average molecular weight is 531 g/mol. The van der Waals surface area contributed by atoms with E-state index in [-0.39, 0.29) is 41.1 Å². The number of rotatable bonds is 4. The van der Waals surface area contributed by atoms with E-state index in [4.69, 9.17) is 4.52 Å². The molecule has 1 N–H and O–H groups in total. The molecule has 3 aromatic rings. The van der Waals surface area contributed by atoms with Crippen LogP contribution < -0.4 is 9.62 Å². The van der Waals surface area contributed by atoms with E-state index in [1.165, 1.54) is 13.0 Å². The number of carbonyl (C=O) groups is 1. The van der Waals surface area contributed by atoms with Crippen molar-refractivity contribution < 1.29 is 39.7 Å². The average Bonchev–Trinajstić information content (AvgIpc) is 3.26. The van der Waals surface area contributed by atoms with Gasteiger partial charge in [0.1, 0.15) is 29.5 Å². The first-order chi connectivity index (χ1) is 16.8. The van der Waals surface area contributed by atoms with Gasteiger partial charge in [-0.3, -0.25) is 4.90 Å². The van der Waals surface area contributed by atoms with Crippen LogP contribution in [0, 0.1) is 24.4 Å². The van der Waals surface area contributed by atoms with E-state index in [2.05, 4.69) is 10.1 Å². The van der Waals surface area contributed by atoms with E-state index in [9.17, 15) is 35.2 Å². The predicted molar refractivity (Wildman–Crippen MR) is 116 cm³/mol. The lowest BCUT2D eigenvalue weighted by Gasteiger charge is -2.37. The van der Waals surface area contributed by atoms with E-state index in [0.717, 1.165) is 16.1 Å². The lowest BCUT2D eigenvalue weighted by molar-refractivity contribution is -0.0448. The minimum Gasteiger partial charge on any atom is -0.334 e. The molecule has 2 saturated heterocycles. The molecular weight excluding hydrogens is 513 g/mol. The highest BCUT2D eigenvalue weighted by Crippen LogP contribution is 2.43. The molecule has 1 aromatic carbocycles. The summed E-state index contributed by atoms with van der Waals surface area (Å²) in [4.78, 5) is 19.2. The van der Waals surface area contributed by atoms with Crippen molar-refractivity contribution >= 4 is 33.0 Å². The van der Waals surface area contributed by atoms with Crippen molar-refractivity contribution in [1.29, 1.82) is 0 Å². The molecule has 2 atom stereocenters. The van der Waals surface area contributed by atoms with E-state index >= 15 is 0 Å². The number of carbonyl (C=O) groups excluding carboxylic acids is 1. The first kappa shape index (κ1) is 24.4. The number of halogens is 5. The highest BCUT2D eigenvalue weighted by atomic mass is 32.2. The number of urea groups is 1. The van der Waals surface area contributed by atoms with Gasteiger partial charge in [-0.15, -0.1) is 0 Å². The Bertz CT molecular complexity index is 1490. The molecular formula is C21H18F5N5O4S. The molecule has 0 spiro atoms. The number of hydrogen-bond acceptors (Lipinski definition) is 6. The van der Waals surface area contributed by atoms with Crippen LogP contribution in [-0.2, 0) is 10.0 Å². The number of nitrogens with zero attached hydrogens (tertiary/aromatic N) is 4. The summed E-state index contributed by atoms with van der Waals surface area (Å²) in [7, 11) is -3.99.